The average molecular weight is 422 g/mol. The minimum Gasteiger partial charge on any atom is -0.339 e. The Bertz CT molecular complexity index is 1020. The van der Waals surface area contributed by atoms with Crippen LogP contribution in [0.4, 0.5) is 11.4 Å². The summed E-state index contributed by atoms with van der Waals surface area (Å²) in [6.07, 6.45) is 2.97. The molecule has 2 amide bonds. The summed E-state index contributed by atoms with van der Waals surface area (Å²) in [5.41, 5.74) is 1.27. The molecule has 0 bridgehead atoms. The maximum atomic E-state index is 12.7. The fourth-order valence-corrected chi connectivity index (χ4v) is 3.86. The zero-order chi connectivity index (χ0) is 20.3. The Balaban J connectivity index is 1.80. The van der Waals surface area contributed by atoms with Crippen molar-refractivity contribution in [3.8, 4) is 0 Å². The van der Waals surface area contributed by atoms with Crippen LogP contribution in [0.15, 0.2) is 42.5 Å². The van der Waals surface area contributed by atoms with E-state index in [0.29, 0.717) is 24.3 Å². The predicted molar refractivity (Wildman–Crippen MR) is 109 cm³/mol. The van der Waals surface area contributed by atoms with Gasteiger partial charge in [0, 0.05) is 18.7 Å². The van der Waals surface area contributed by atoms with Crippen molar-refractivity contribution in [1.82, 2.24) is 4.90 Å². The minimum atomic E-state index is -3.48. The zero-order valence-electron chi connectivity index (χ0n) is 15.2. The molecule has 28 heavy (non-hydrogen) atoms. The molecule has 1 aliphatic heterocycles. The normalized spacial score (nSPS) is 14.0. The highest BCUT2D eigenvalue weighted by Crippen LogP contribution is 2.25. The van der Waals surface area contributed by atoms with Crippen molar-refractivity contribution < 1.29 is 18.0 Å². The first-order valence-electron chi connectivity index (χ1n) is 8.71. The second-order valence-electron chi connectivity index (χ2n) is 6.57. The number of sulfonamides is 1. The van der Waals surface area contributed by atoms with Crippen molar-refractivity contribution in [3.05, 3.63) is 58.6 Å². The van der Waals surface area contributed by atoms with E-state index in [4.69, 9.17) is 11.6 Å². The van der Waals surface area contributed by atoms with Crippen LogP contribution in [-0.2, 0) is 10.0 Å². The number of anilines is 2. The van der Waals surface area contributed by atoms with E-state index in [1.165, 1.54) is 18.2 Å². The van der Waals surface area contributed by atoms with Crippen molar-refractivity contribution in [3.63, 3.8) is 0 Å². The third-order valence-electron chi connectivity index (χ3n) is 4.33. The van der Waals surface area contributed by atoms with Crippen LogP contribution in [0.5, 0.6) is 0 Å². The number of hydrogen-bond acceptors (Lipinski definition) is 4. The molecule has 1 heterocycles. The van der Waals surface area contributed by atoms with E-state index in [1.807, 2.05) is 0 Å². The van der Waals surface area contributed by atoms with Gasteiger partial charge in [-0.05, 0) is 43.2 Å². The van der Waals surface area contributed by atoms with Gasteiger partial charge in [-0.2, -0.15) is 0 Å². The maximum absolute atomic E-state index is 12.7. The van der Waals surface area contributed by atoms with E-state index in [9.17, 15) is 18.0 Å². The predicted octanol–water partition coefficient (Wildman–Crippen LogP) is 3.20. The number of rotatable bonds is 5. The summed E-state index contributed by atoms with van der Waals surface area (Å²) in [6, 6.07) is 11.1. The molecule has 1 fully saturated rings. The molecule has 7 nitrogen and oxygen atoms in total. The van der Waals surface area contributed by atoms with Gasteiger partial charge in [0.15, 0.2) is 0 Å². The number of halogens is 1. The third-order valence-corrected chi connectivity index (χ3v) is 5.23. The maximum Gasteiger partial charge on any atom is 0.255 e. The van der Waals surface area contributed by atoms with Gasteiger partial charge in [-0.25, -0.2) is 8.42 Å². The lowest BCUT2D eigenvalue weighted by Gasteiger charge is -2.18. The molecule has 0 aliphatic carbocycles. The highest BCUT2D eigenvalue weighted by atomic mass is 35.5. The molecule has 0 unspecified atom stereocenters. The number of para-hydroxylation sites is 1. The number of carbonyl (C=O) groups is 2. The van der Waals surface area contributed by atoms with Gasteiger partial charge in [0.1, 0.15) is 0 Å². The number of nitrogens with one attached hydrogen (secondary N) is 2. The first kappa shape index (κ1) is 20.2. The molecule has 9 heteroatoms. The Morgan fingerprint density at radius 3 is 2.36 bits per heavy atom. The van der Waals surface area contributed by atoms with Crippen molar-refractivity contribution in [2.75, 3.05) is 29.4 Å². The van der Waals surface area contributed by atoms with Crippen LogP contribution in [0.1, 0.15) is 33.6 Å². The first-order chi connectivity index (χ1) is 13.2. The topological polar surface area (TPSA) is 95.6 Å². The molecule has 0 spiro atoms. The molecule has 2 aromatic rings. The number of benzene rings is 2. The van der Waals surface area contributed by atoms with Crippen LogP contribution in [0.25, 0.3) is 0 Å². The van der Waals surface area contributed by atoms with Gasteiger partial charge >= 0.3 is 0 Å². The monoisotopic (exact) mass is 421 g/mol. The van der Waals surface area contributed by atoms with Crippen molar-refractivity contribution >= 4 is 44.8 Å². The van der Waals surface area contributed by atoms with E-state index in [1.54, 1.807) is 29.2 Å². The zero-order valence-corrected chi connectivity index (χ0v) is 16.8. The smallest absolute Gasteiger partial charge is 0.255 e. The van der Waals surface area contributed by atoms with Gasteiger partial charge in [0.2, 0.25) is 10.0 Å². The van der Waals surface area contributed by atoms with Crippen molar-refractivity contribution in [2.24, 2.45) is 0 Å². The highest BCUT2D eigenvalue weighted by molar-refractivity contribution is 7.92. The van der Waals surface area contributed by atoms with Gasteiger partial charge in [0.05, 0.1) is 28.2 Å². The van der Waals surface area contributed by atoms with Crippen molar-refractivity contribution in [1.29, 1.82) is 0 Å². The molecule has 2 N–H and O–H groups in total. The average Bonchev–Trinajstić information content (AvgIpc) is 3.17. The Kier molecular flexibility index (Phi) is 5.90. The van der Waals surface area contributed by atoms with Gasteiger partial charge in [0.25, 0.3) is 11.8 Å². The van der Waals surface area contributed by atoms with Crippen LogP contribution in [0.3, 0.4) is 0 Å². The molecule has 1 saturated heterocycles. The Morgan fingerprint density at radius 1 is 1.04 bits per heavy atom. The summed E-state index contributed by atoms with van der Waals surface area (Å²) in [6.45, 7) is 1.43. The number of nitrogens with zero attached hydrogens (tertiary/aromatic N) is 1. The van der Waals surface area contributed by atoms with E-state index in [2.05, 4.69) is 10.0 Å². The van der Waals surface area contributed by atoms with Gasteiger partial charge in [-0.15, -0.1) is 0 Å². The quantitative estimate of drug-likeness (QED) is 0.774. The fraction of sp³-hybridized carbons (Fsp3) is 0.263. The summed E-state index contributed by atoms with van der Waals surface area (Å²) in [4.78, 5) is 27.1. The molecule has 0 atom stereocenters. The Labute approximate surface area is 168 Å². The van der Waals surface area contributed by atoms with Crippen LogP contribution < -0.4 is 10.0 Å². The fourth-order valence-electron chi connectivity index (χ4n) is 3.00. The number of carbonyl (C=O) groups excluding carboxylic acids is 2. The molecular formula is C19H20ClN3O4S. The molecule has 148 valence electrons. The Morgan fingerprint density at radius 2 is 1.71 bits per heavy atom. The molecule has 0 aromatic heterocycles. The van der Waals surface area contributed by atoms with Crippen molar-refractivity contribution in [2.45, 2.75) is 12.8 Å². The second kappa shape index (κ2) is 8.20. The van der Waals surface area contributed by atoms with Gasteiger partial charge in [-0.1, -0.05) is 23.7 Å². The van der Waals surface area contributed by atoms with Crippen LogP contribution in [-0.4, -0.2) is 44.5 Å². The molecule has 2 aromatic carbocycles. The van der Waals surface area contributed by atoms with Crippen LogP contribution in [0.2, 0.25) is 5.02 Å². The number of likely N-dealkylation sites (tertiary alicyclic amines) is 1. The lowest BCUT2D eigenvalue weighted by atomic mass is 10.1. The minimum absolute atomic E-state index is 0.0968. The lowest BCUT2D eigenvalue weighted by molar-refractivity contribution is 0.0794. The lowest BCUT2D eigenvalue weighted by Crippen LogP contribution is -2.28. The largest absolute Gasteiger partial charge is 0.339 e. The third kappa shape index (κ3) is 4.82. The Hall–Kier alpha value is -2.58. The molecular weight excluding hydrogens is 402 g/mol. The highest BCUT2D eigenvalue weighted by Gasteiger charge is 2.22. The summed E-state index contributed by atoms with van der Waals surface area (Å²) in [5, 5.41) is 2.84. The van der Waals surface area contributed by atoms with Crippen LogP contribution >= 0.6 is 11.6 Å². The van der Waals surface area contributed by atoms with Gasteiger partial charge in [-0.3, -0.25) is 14.3 Å². The first-order valence-corrected chi connectivity index (χ1v) is 11.0. The van der Waals surface area contributed by atoms with E-state index >= 15 is 0 Å². The molecule has 0 radical (unpaired) electrons. The van der Waals surface area contributed by atoms with Crippen LogP contribution in [0, 0.1) is 0 Å². The summed E-state index contributed by atoms with van der Waals surface area (Å²) < 4.78 is 25.0. The van der Waals surface area contributed by atoms with E-state index < -0.39 is 15.9 Å². The molecule has 0 saturated carbocycles. The molecule has 1 aliphatic rings. The SMILES string of the molecule is CS(=O)(=O)Nc1ccc(C(=O)Nc2ccccc2C(=O)N2CCCC2)cc1Cl. The molecule has 3 rings (SSSR count). The summed E-state index contributed by atoms with van der Waals surface area (Å²) in [5.74, 6) is -0.561. The summed E-state index contributed by atoms with van der Waals surface area (Å²) >= 11 is 6.08. The second-order valence-corrected chi connectivity index (χ2v) is 8.72. The number of hydrogen-bond donors (Lipinski definition) is 2. The van der Waals surface area contributed by atoms with E-state index in [0.717, 1.165) is 19.1 Å². The standard InChI is InChI=1S/C19H20ClN3O4S/c1-28(26,27)22-17-9-8-13(12-15(17)20)18(24)21-16-7-3-2-6-14(16)19(25)23-10-4-5-11-23/h2-3,6-9,12,22H,4-5,10-11H2,1H3,(H,21,24). The number of amides is 2. The summed E-state index contributed by atoms with van der Waals surface area (Å²) in [7, 11) is -3.48. The van der Waals surface area contributed by atoms with E-state index in [-0.39, 0.29) is 22.2 Å². The van der Waals surface area contributed by atoms with Gasteiger partial charge < -0.3 is 10.2 Å².